The Morgan fingerprint density at radius 2 is 0.957 bits per heavy atom. The molecule has 1 nitrogen and oxygen atoms in total. The molecule has 0 fully saturated rings. The molecular formula is C15H18F6NSb-2. The molecular weight excluding hydrogens is 430 g/mol. The minimum atomic E-state index is 0. The van der Waals surface area contributed by atoms with E-state index in [1.165, 1.54) is 11.3 Å². The predicted molar refractivity (Wildman–Crippen MR) is 76.0 cm³/mol. The maximum atomic E-state index is 2.24. The summed E-state index contributed by atoms with van der Waals surface area (Å²) in [6.07, 6.45) is 0. The summed E-state index contributed by atoms with van der Waals surface area (Å²) in [7, 11) is 4.48. The Labute approximate surface area is 149 Å². The zero-order valence-electron chi connectivity index (χ0n) is 12.6. The largest absolute Gasteiger partial charge is 3.00 e. The van der Waals surface area contributed by atoms with E-state index in [0.717, 1.165) is 11.0 Å². The molecule has 2 rings (SSSR count). The van der Waals surface area contributed by atoms with Crippen LogP contribution in [0.1, 0.15) is 5.56 Å². The van der Waals surface area contributed by atoms with E-state index in [1.807, 2.05) is 0 Å². The molecule has 2 radical (unpaired) electrons. The standard InChI is InChI=1S/C15H18N.6FH.Sb/c1-16(2,15-11-7-4-8-12-15)13-14-9-5-3-6-10-14;;;;;;;/h3-12H,13H2,1-2H3;6*1H;/q+1;;;;;;;+3/p-6. The fraction of sp³-hybridized carbons (Fsp3) is 0.200. The Morgan fingerprint density at radius 3 is 1.35 bits per heavy atom. The molecule has 8 heteroatoms. The number of quaternary nitrogens is 1. The topological polar surface area (TPSA) is 0 Å². The summed E-state index contributed by atoms with van der Waals surface area (Å²) < 4.78 is 0.880. The van der Waals surface area contributed by atoms with Crippen molar-refractivity contribution < 1.29 is 28.2 Å². The van der Waals surface area contributed by atoms with Crippen molar-refractivity contribution in [2.45, 2.75) is 6.54 Å². The quantitative estimate of drug-likeness (QED) is 0.249. The monoisotopic (exact) mass is 447 g/mol. The molecule has 0 spiro atoms. The van der Waals surface area contributed by atoms with Gasteiger partial charge in [0, 0.05) is 5.56 Å². The van der Waals surface area contributed by atoms with Crippen LogP contribution in [0.2, 0.25) is 0 Å². The van der Waals surface area contributed by atoms with Gasteiger partial charge in [-0.1, -0.05) is 48.5 Å². The van der Waals surface area contributed by atoms with Crippen LogP contribution in [0.25, 0.3) is 0 Å². The van der Waals surface area contributed by atoms with Crippen molar-refractivity contribution in [2.75, 3.05) is 14.1 Å². The average Bonchev–Trinajstić information content (AvgIpc) is 2.31. The summed E-state index contributed by atoms with van der Waals surface area (Å²) in [5, 5.41) is 0. The van der Waals surface area contributed by atoms with Crippen molar-refractivity contribution in [3.8, 4) is 0 Å². The van der Waals surface area contributed by atoms with Gasteiger partial charge >= 0.3 is 24.4 Å². The molecule has 0 bridgehead atoms. The molecule has 0 atom stereocenters. The third kappa shape index (κ3) is 11.0. The zero-order valence-corrected chi connectivity index (χ0v) is 15.2. The Bertz CT molecular complexity index is 456. The minimum Gasteiger partial charge on any atom is -1.00 e. The van der Waals surface area contributed by atoms with Gasteiger partial charge in [0.25, 0.3) is 0 Å². The second-order valence-electron chi connectivity index (χ2n) is 4.66. The molecule has 2 aromatic carbocycles. The van der Waals surface area contributed by atoms with Gasteiger partial charge in [0.15, 0.2) is 0 Å². The summed E-state index contributed by atoms with van der Waals surface area (Å²) in [4.78, 5) is 0. The van der Waals surface area contributed by atoms with Gasteiger partial charge in [-0.25, -0.2) is 0 Å². The van der Waals surface area contributed by atoms with Gasteiger partial charge < -0.3 is 28.2 Å². The van der Waals surface area contributed by atoms with Crippen molar-refractivity contribution in [3.05, 3.63) is 66.2 Å². The first-order chi connectivity index (χ1) is 7.68. The van der Waals surface area contributed by atoms with Crippen LogP contribution < -0.4 is 32.7 Å². The fourth-order valence-electron chi connectivity index (χ4n) is 1.96. The van der Waals surface area contributed by atoms with Crippen molar-refractivity contribution in [1.82, 2.24) is 4.48 Å². The van der Waals surface area contributed by atoms with Gasteiger partial charge in [0.1, 0.15) is 12.2 Å². The average molecular weight is 448 g/mol. The maximum Gasteiger partial charge on any atom is 3.00 e. The minimum absolute atomic E-state index is 0. The molecule has 0 saturated heterocycles. The van der Waals surface area contributed by atoms with E-state index >= 15 is 0 Å². The van der Waals surface area contributed by atoms with E-state index in [1.54, 1.807) is 0 Å². The van der Waals surface area contributed by atoms with Gasteiger partial charge in [-0.15, -0.1) is 0 Å². The van der Waals surface area contributed by atoms with Crippen LogP contribution in [0.15, 0.2) is 60.7 Å². The van der Waals surface area contributed by atoms with E-state index in [-0.39, 0.29) is 52.7 Å². The maximum absolute atomic E-state index is 2.24. The number of hydrogen-bond acceptors (Lipinski definition) is 0. The first-order valence-electron chi connectivity index (χ1n) is 5.61. The van der Waals surface area contributed by atoms with Crippen LogP contribution in [0.3, 0.4) is 0 Å². The number of benzene rings is 2. The van der Waals surface area contributed by atoms with E-state index in [2.05, 4.69) is 74.8 Å². The number of halogens is 6. The Balaban J connectivity index is -0.000000103. The predicted octanol–water partition coefficient (Wildman–Crippen LogP) is -14.9. The summed E-state index contributed by atoms with van der Waals surface area (Å²) in [6, 6.07) is 21.2. The normalized spacial score (nSPS) is 7.91. The second-order valence-corrected chi connectivity index (χ2v) is 4.66. The molecule has 0 saturated carbocycles. The van der Waals surface area contributed by atoms with Crippen molar-refractivity contribution in [3.63, 3.8) is 0 Å². The third-order valence-corrected chi connectivity index (χ3v) is 2.88. The van der Waals surface area contributed by atoms with E-state index in [9.17, 15) is 0 Å². The molecule has 0 aliphatic heterocycles. The third-order valence-electron chi connectivity index (χ3n) is 2.88. The van der Waals surface area contributed by atoms with Gasteiger partial charge in [-0.2, -0.15) is 0 Å². The van der Waals surface area contributed by atoms with Crippen molar-refractivity contribution in [2.24, 2.45) is 0 Å². The molecule has 0 amide bonds. The second kappa shape index (κ2) is 17.2. The van der Waals surface area contributed by atoms with Crippen LogP contribution >= 0.6 is 0 Å². The van der Waals surface area contributed by atoms with Crippen molar-refractivity contribution in [1.29, 1.82) is 0 Å². The summed E-state index contributed by atoms with van der Waals surface area (Å²) in [5.41, 5.74) is 2.71. The van der Waals surface area contributed by atoms with Crippen LogP contribution in [-0.2, 0) is 6.54 Å². The number of para-hydroxylation sites is 1. The van der Waals surface area contributed by atoms with Gasteiger partial charge in [-0.3, -0.25) is 4.48 Å². The molecule has 0 aliphatic carbocycles. The first-order valence-corrected chi connectivity index (χ1v) is 5.61. The summed E-state index contributed by atoms with van der Waals surface area (Å²) in [6.45, 7) is 1.02. The first kappa shape index (κ1) is 37.8. The van der Waals surface area contributed by atoms with Crippen molar-refractivity contribution >= 4 is 30.1 Å². The van der Waals surface area contributed by atoms with Crippen LogP contribution in [0.5, 0.6) is 0 Å². The van der Waals surface area contributed by atoms with E-state index in [0.29, 0.717) is 0 Å². The van der Waals surface area contributed by atoms with E-state index < -0.39 is 0 Å². The summed E-state index contributed by atoms with van der Waals surface area (Å²) in [5.74, 6) is 0. The molecule has 2 aromatic rings. The van der Waals surface area contributed by atoms with E-state index in [4.69, 9.17) is 0 Å². The number of rotatable bonds is 3. The molecule has 0 aromatic heterocycles. The molecule has 132 valence electrons. The van der Waals surface area contributed by atoms with Gasteiger partial charge in [-0.05, 0) is 12.1 Å². The van der Waals surface area contributed by atoms with Gasteiger partial charge in [0.2, 0.25) is 0 Å². The molecule has 0 heterocycles. The van der Waals surface area contributed by atoms with Gasteiger partial charge in [0.05, 0.1) is 14.1 Å². The van der Waals surface area contributed by atoms with Crippen LogP contribution in [0, 0.1) is 0 Å². The Morgan fingerprint density at radius 1 is 0.609 bits per heavy atom. The smallest absolute Gasteiger partial charge is 1.00 e. The molecule has 23 heavy (non-hydrogen) atoms. The Kier molecular flexibility index (Phi) is 28.2. The SMILES string of the molecule is C[N+](C)(Cc1ccccc1)c1ccccc1.[F-].[F-].[F-].[F-].[F-].[F-].[Sb+3]. The fourth-order valence-corrected chi connectivity index (χ4v) is 1.96. The molecule has 0 N–H and O–H groups in total. The number of hydrogen-bond donors (Lipinski definition) is 0. The molecule has 0 aliphatic rings. The van der Waals surface area contributed by atoms with Crippen LogP contribution in [-0.4, -0.2) is 38.5 Å². The van der Waals surface area contributed by atoms with Crippen LogP contribution in [0.4, 0.5) is 5.69 Å². The number of nitrogens with zero attached hydrogens (tertiary/aromatic N) is 1. The molecule has 0 unspecified atom stereocenters. The zero-order chi connectivity index (χ0) is 11.4. The Hall–Kier alpha value is -1.20. The summed E-state index contributed by atoms with van der Waals surface area (Å²) >= 11 is 0.